The van der Waals surface area contributed by atoms with Gasteiger partial charge in [-0.2, -0.15) is 0 Å². The fourth-order valence-electron chi connectivity index (χ4n) is 4.17. The molecule has 1 atom stereocenters. The third kappa shape index (κ3) is 5.22. The van der Waals surface area contributed by atoms with Crippen molar-refractivity contribution >= 4 is 40.3 Å². The first-order chi connectivity index (χ1) is 15.9. The number of benzene rings is 1. The number of urea groups is 1. The fourth-order valence-corrected chi connectivity index (χ4v) is 4.89. The van der Waals surface area contributed by atoms with Gasteiger partial charge in [-0.25, -0.2) is 14.6 Å². The van der Waals surface area contributed by atoms with Gasteiger partial charge in [0.15, 0.2) is 11.2 Å². The number of imide groups is 1. The molecule has 2 fully saturated rings. The van der Waals surface area contributed by atoms with Gasteiger partial charge in [0.25, 0.3) is 5.91 Å². The van der Waals surface area contributed by atoms with Crippen LogP contribution in [0.5, 0.6) is 0 Å². The van der Waals surface area contributed by atoms with Crippen molar-refractivity contribution in [3.63, 3.8) is 0 Å². The minimum Gasteiger partial charge on any atom is -0.449 e. The molecule has 2 aromatic rings. The van der Waals surface area contributed by atoms with Crippen LogP contribution in [-0.4, -0.2) is 52.4 Å². The lowest BCUT2D eigenvalue weighted by molar-refractivity contribution is -0.127. The Morgan fingerprint density at radius 3 is 2.73 bits per heavy atom. The molecule has 0 spiro atoms. The van der Waals surface area contributed by atoms with Crippen molar-refractivity contribution in [1.29, 1.82) is 0 Å². The van der Waals surface area contributed by atoms with E-state index in [4.69, 9.17) is 4.74 Å². The zero-order valence-electron chi connectivity index (χ0n) is 18.4. The molecule has 1 saturated heterocycles. The highest BCUT2D eigenvalue weighted by Gasteiger charge is 2.33. The number of amides is 4. The summed E-state index contributed by atoms with van der Waals surface area (Å²) in [6.07, 6.45) is 5.74. The summed E-state index contributed by atoms with van der Waals surface area (Å²) in [6, 6.07) is 6.11. The van der Waals surface area contributed by atoms with Gasteiger partial charge >= 0.3 is 12.0 Å². The molecule has 1 saturated carbocycles. The number of rotatable bonds is 7. The largest absolute Gasteiger partial charge is 0.449 e. The zero-order chi connectivity index (χ0) is 23.4. The quantitative estimate of drug-likeness (QED) is 0.492. The number of ether oxygens (including phenoxy) is 1. The number of carbonyl (C=O) groups is 4. The van der Waals surface area contributed by atoms with E-state index in [0.717, 1.165) is 37.0 Å². The van der Waals surface area contributed by atoms with E-state index in [1.54, 1.807) is 42.3 Å². The Hall–Kier alpha value is -3.27. The molecule has 4 rings (SSSR count). The summed E-state index contributed by atoms with van der Waals surface area (Å²) in [5.74, 6) is -1.25. The monoisotopic (exact) mass is 470 g/mol. The molecule has 4 amide bonds. The second-order valence-electron chi connectivity index (χ2n) is 8.20. The Bertz CT molecular complexity index is 1020. The molecule has 174 valence electrons. The van der Waals surface area contributed by atoms with Crippen LogP contribution in [0.15, 0.2) is 35.8 Å². The number of anilines is 1. The number of hydrogen-bond acceptors (Lipinski definition) is 7. The van der Waals surface area contributed by atoms with Crippen molar-refractivity contribution in [2.75, 3.05) is 11.4 Å². The molecule has 2 heterocycles. The number of aromatic nitrogens is 1. The maximum atomic E-state index is 13.3. The molecule has 1 N–H and O–H groups in total. The van der Waals surface area contributed by atoms with E-state index in [0.29, 0.717) is 10.7 Å². The van der Waals surface area contributed by atoms with Crippen LogP contribution < -0.4 is 10.2 Å². The van der Waals surface area contributed by atoms with E-state index in [9.17, 15) is 19.2 Å². The Kier molecular flexibility index (Phi) is 7.02. The van der Waals surface area contributed by atoms with Crippen molar-refractivity contribution in [2.24, 2.45) is 0 Å². The van der Waals surface area contributed by atoms with Crippen molar-refractivity contribution in [2.45, 2.75) is 57.7 Å². The Morgan fingerprint density at radius 2 is 2.06 bits per heavy atom. The SMILES string of the molecule is C[C@H](OC(=O)c1cccc(CN2C(=O)CNC2=O)c1)C(=O)N(c1nccs1)C1CCCCC1. The Balaban J connectivity index is 1.44. The second kappa shape index (κ2) is 10.1. The van der Waals surface area contributed by atoms with E-state index in [2.05, 4.69) is 10.3 Å². The minimum absolute atomic E-state index is 0.0310. The van der Waals surface area contributed by atoms with Crippen LogP contribution in [0, 0.1) is 0 Å². The number of hydrogen-bond donors (Lipinski definition) is 1. The summed E-state index contributed by atoms with van der Waals surface area (Å²) >= 11 is 1.39. The molecule has 2 aliphatic rings. The van der Waals surface area contributed by atoms with E-state index in [1.807, 2.05) is 5.38 Å². The zero-order valence-corrected chi connectivity index (χ0v) is 19.2. The third-order valence-corrected chi connectivity index (χ3v) is 6.65. The van der Waals surface area contributed by atoms with Gasteiger partial charge in [-0.1, -0.05) is 31.4 Å². The topological polar surface area (TPSA) is 109 Å². The molecular weight excluding hydrogens is 444 g/mol. The summed E-state index contributed by atoms with van der Waals surface area (Å²) < 4.78 is 5.52. The Labute approximate surface area is 195 Å². The van der Waals surface area contributed by atoms with Crippen LogP contribution in [0.3, 0.4) is 0 Å². The average molecular weight is 471 g/mol. The summed E-state index contributed by atoms with van der Waals surface area (Å²) in [6.45, 7) is 1.59. The lowest BCUT2D eigenvalue weighted by Gasteiger charge is -2.33. The predicted molar refractivity (Wildman–Crippen MR) is 122 cm³/mol. The van der Waals surface area contributed by atoms with Gasteiger partial charge in [0.1, 0.15) is 0 Å². The average Bonchev–Trinajstić information content (AvgIpc) is 3.46. The Morgan fingerprint density at radius 1 is 1.27 bits per heavy atom. The number of carbonyl (C=O) groups excluding carboxylic acids is 4. The van der Waals surface area contributed by atoms with Crippen LogP contribution in [0.1, 0.15) is 54.9 Å². The van der Waals surface area contributed by atoms with Gasteiger partial charge in [-0.05, 0) is 37.5 Å². The molecule has 1 aliphatic carbocycles. The van der Waals surface area contributed by atoms with Crippen molar-refractivity contribution in [3.8, 4) is 0 Å². The lowest BCUT2D eigenvalue weighted by atomic mass is 9.94. The number of nitrogens with one attached hydrogen (secondary N) is 1. The molecule has 1 aromatic heterocycles. The first-order valence-corrected chi connectivity index (χ1v) is 11.9. The smallest absolute Gasteiger partial charge is 0.338 e. The summed E-state index contributed by atoms with van der Waals surface area (Å²) in [7, 11) is 0. The first kappa shape index (κ1) is 22.9. The number of nitrogens with zero attached hydrogens (tertiary/aromatic N) is 3. The fraction of sp³-hybridized carbons (Fsp3) is 0.435. The van der Waals surface area contributed by atoms with Crippen molar-refractivity contribution in [3.05, 3.63) is 47.0 Å². The van der Waals surface area contributed by atoms with Crippen LogP contribution in [0.2, 0.25) is 0 Å². The van der Waals surface area contributed by atoms with Crippen LogP contribution >= 0.6 is 11.3 Å². The number of thiazole rings is 1. The van der Waals surface area contributed by atoms with Gasteiger partial charge < -0.3 is 10.1 Å². The summed E-state index contributed by atoms with van der Waals surface area (Å²) in [5, 5.41) is 4.91. The van der Waals surface area contributed by atoms with Gasteiger partial charge in [0.2, 0.25) is 5.91 Å². The second-order valence-corrected chi connectivity index (χ2v) is 9.07. The van der Waals surface area contributed by atoms with E-state index in [-0.39, 0.29) is 36.5 Å². The van der Waals surface area contributed by atoms with Gasteiger partial charge in [0, 0.05) is 17.6 Å². The molecule has 0 unspecified atom stereocenters. The third-order valence-electron chi connectivity index (χ3n) is 5.87. The molecule has 1 aromatic carbocycles. The van der Waals surface area contributed by atoms with Gasteiger partial charge in [-0.3, -0.25) is 19.4 Å². The van der Waals surface area contributed by atoms with E-state index < -0.39 is 18.1 Å². The number of esters is 1. The van der Waals surface area contributed by atoms with E-state index in [1.165, 1.54) is 11.3 Å². The first-order valence-electron chi connectivity index (χ1n) is 11.0. The maximum Gasteiger partial charge on any atom is 0.338 e. The standard InChI is InChI=1S/C23H26N4O5S/c1-15(20(29)27(23-24-10-11-33-23)18-8-3-2-4-9-18)32-21(30)17-7-5-6-16(12-17)14-26-19(28)13-25-22(26)31/h5-7,10-12,15,18H,2-4,8-9,13-14H2,1H3,(H,25,31)/t15-/m0/s1. The van der Waals surface area contributed by atoms with Gasteiger partial charge in [0.05, 0.1) is 18.7 Å². The highest BCUT2D eigenvalue weighted by Crippen LogP contribution is 2.29. The lowest BCUT2D eigenvalue weighted by Crippen LogP contribution is -2.47. The minimum atomic E-state index is -0.988. The van der Waals surface area contributed by atoms with E-state index >= 15 is 0 Å². The molecular formula is C23H26N4O5S. The van der Waals surface area contributed by atoms with Crippen LogP contribution in [0.4, 0.5) is 9.93 Å². The van der Waals surface area contributed by atoms with Crippen LogP contribution in [-0.2, 0) is 20.9 Å². The maximum absolute atomic E-state index is 13.3. The molecule has 1 aliphatic heterocycles. The van der Waals surface area contributed by atoms with Crippen molar-refractivity contribution in [1.82, 2.24) is 15.2 Å². The predicted octanol–water partition coefficient (Wildman–Crippen LogP) is 3.11. The summed E-state index contributed by atoms with van der Waals surface area (Å²) in [4.78, 5) is 56.8. The molecule has 0 radical (unpaired) electrons. The molecule has 10 heteroatoms. The van der Waals surface area contributed by atoms with Crippen molar-refractivity contribution < 1.29 is 23.9 Å². The van der Waals surface area contributed by atoms with Gasteiger partial charge in [-0.15, -0.1) is 11.3 Å². The highest BCUT2D eigenvalue weighted by atomic mass is 32.1. The molecule has 0 bridgehead atoms. The summed E-state index contributed by atoms with van der Waals surface area (Å²) in [5.41, 5.74) is 0.859. The normalized spacial score (nSPS) is 17.5. The molecule has 9 nitrogen and oxygen atoms in total. The highest BCUT2D eigenvalue weighted by molar-refractivity contribution is 7.13. The molecule has 33 heavy (non-hydrogen) atoms. The van der Waals surface area contributed by atoms with Crippen LogP contribution in [0.25, 0.3) is 0 Å².